The molecule has 5 rings (SSSR count). The molecular formula is C21H26ClNO3. The Labute approximate surface area is 159 Å². The fourth-order valence-electron chi connectivity index (χ4n) is 5.83. The zero-order chi connectivity index (χ0) is 18.3. The molecule has 0 aliphatic heterocycles. The number of halogens is 1. The van der Waals surface area contributed by atoms with E-state index >= 15 is 0 Å². The van der Waals surface area contributed by atoms with Crippen LogP contribution in [0.4, 0.5) is 0 Å². The van der Waals surface area contributed by atoms with Gasteiger partial charge in [-0.1, -0.05) is 29.8 Å². The predicted molar refractivity (Wildman–Crippen MR) is 99.6 cm³/mol. The number of nitrogens with one attached hydrogen (secondary N) is 1. The third-order valence-corrected chi connectivity index (χ3v) is 6.90. The topological polar surface area (TPSA) is 55.4 Å². The van der Waals surface area contributed by atoms with Gasteiger partial charge in [0.25, 0.3) is 5.91 Å². The van der Waals surface area contributed by atoms with Gasteiger partial charge in [0.2, 0.25) is 0 Å². The first-order valence-corrected chi connectivity index (χ1v) is 10.0. The Balaban J connectivity index is 1.32. The largest absolute Gasteiger partial charge is 0.455 e. The smallest absolute Gasteiger partial charge is 0.312 e. The Bertz CT molecular complexity index is 682. The van der Waals surface area contributed by atoms with Crippen molar-refractivity contribution in [2.45, 2.75) is 51.5 Å². The fraction of sp³-hybridized carbons (Fsp3) is 0.619. The summed E-state index contributed by atoms with van der Waals surface area (Å²) in [6.07, 6.45) is 6.70. The van der Waals surface area contributed by atoms with Crippen molar-refractivity contribution in [3.63, 3.8) is 0 Å². The van der Waals surface area contributed by atoms with Crippen LogP contribution in [0.5, 0.6) is 0 Å². The molecule has 1 N–H and O–H groups in total. The van der Waals surface area contributed by atoms with Gasteiger partial charge in [-0.05, 0) is 74.8 Å². The predicted octanol–water partition coefficient (Wildman–Crippen LogP) is 4.28. The van der Waals surface area contributed by atoms with Crippen LogP contribution in [0.3, 0.4) is 0 Å². The third kappa shape index (κ3) is 3.36. The lowest BCUT2D eigenvalue weighted by atomic mass is 9.49. The van der Waals surface area contributed by atoms with Crippen LogP contribution in [-0.4, -0.2) is 18.5 Å². The third-order valence-electron chi connectivity index (χ3n) is 6.55. The number of amides is 1. The van der Waals surface area contributed by atoms with Crippen molar-refractivity contribution < 1.29 is 14.3 Å². The number of carbonyl (C=O) groups is 2. The van der Waals surface area contributed by atoms with Crippen LogP contribution < -0.4 is 5.32 Å². The van der Waals surface area contributed by atoms with Crippen molar-refractivity contribution in [2.24, 2.45) is 23.2 Å². The maximum absolute atomic E-state index is 12.8. The molecule has 0 radical (unpaired) electrons. The van der Waals surface area contributed by atoms with Gasteiger partial charge in [-0.2, -0.15) is 0 Å². The molecule has 0 spiro atoms. The Hall–Kier alpha value is -1.55. The Kier molecular flexibility index (Phi) is 4.72. The highest BCUT2D eigenvalue weighted by Gasteiger charge is 2.55. The summed E-state index contributed by atoms with van der Waals surface area (Å²) in [4.78, 5) is 25.0. The first kappa shape index (κ1) is 17.8. The van der Waals surface area contributed by atoms with Gasteiger partial charge in [-0.25, -0.2) is 0 Å². The average Bonchev–Trinajstić information content (AvgIpc) is 2.58. The molecule has 1 aromatic carbocycles. The van der Waals surface area contributed by atoms with Crippen LogP contribution >= 0.6 is 11.6 Å². The number of hydrogen-bond acceptors (Lipinski definition) is 3. The maximum Gasteiger partial charge on any atom is 0.312 e. The van der Waals surface area contributed by atoms with E-state index in [1.807, 2.05) is 25.1 Å². The first-order valence-electron chi connectivity index (χ1n) is 9.66. The van der Waals surface area contributed by atoms with Gasteiger partial charge in [-0.3, -0.25) is 9.59 Å². The number of rotatable bonds is 5. The summed E-state index contributed by atoms with van der Waals surface area (Å²) in [5, 5.41) is 3.48. The van der Waals surface area contributed by atoms with E-state index in [9.17, 15) is 9.59 Å². The van der Waals surface area contributed by atoms with Crippen LogP contribution in [0.25, 0.3) is 0 Å². The average molecular weight is 376 g/mol. The lowest BCUT2D eigenvalue weighted by Gasteiger charge is -2.55. The van der Waals surface area contributed by atoms with Crippen molar-refractivity contribution >= 4 is 23.5 Å². The number of carbonyl (C=O) groups excluding carboxylic acids is 2. The Morgan fingerprint density at radius 1 is 1.15 bits per heavy atom. The van der Waals surface area contributed by atoms with Crippen LogP contribution in [-0.2, 0) is 14.3 Å². The standard InChI is InChI=1S/C21H26ClNO3/c1-13(17-4-2-3-5-18(17)22)23-19(24)12-26-20(25)21-9-14-6-15(10-21)8-16(7-14)11-21/h2-5,13-16H,6-12H2,1H3,(H,23,24)/t13-,14?,15?,16?,21?/m0/s1. The van der Waals surface area contributed by atoms with E-state index in [-0.39, 0.29) is 29.9 Å². The summed E-state index contributed by atoms with van der Waals surface area (Å²) >= 11 is 6.17. The molecule has 4 saturated carbocycles. The molecule has 4 fully saturated rings. The van der Waals surface area contributed by atoms with E-state index in [0.717, 1.165) is 24.8 Å². The molecule has 5 heteroatoms. The van der Waals surface area contributed by atoms with Gasteiger partial charge in [-0.15, -0.1) is 0 Å². The summed E-state index contributed by atoms with van der Waals surface area (Å²) in [6, 6.07) is 7.20. The second kappa shape index (κ2) is 6.88. The van der Waals surface area contributed by atoms with E-state index in [4.69, 9.17) is 16.3 Å². The zero-order valence-corrected chi connectivity index (χ0v) is 15.9. The Morgan fingerprint density at radius 3 is 2.31 bits per heavy atom. The van der Waals surface area contributed by atoms with Gasteiger partial charge >= 0.3 is 5.97 Å². The Morgan fingerprint density at radius 2 is 1.73 bits per heavy atom. The van der Waals surface area contributed by atoms with Crippen LogP contribution in [0.15, 0.2) is 24.3 Å². The van der Waals surface area contributed by atoms with E-state index < -0.39 is 0 Å². The second-order valence-electron chi connectivity index (χ2n) is 8.58. The van der Waals surface area contributed by atoms with Crippen molar-refractivity contribution in [3.8, 4) is 0 Å². The van der Waals surface area contributed by atoms with Crippen LogP contribution in [0.1, 0.15) is 57.1 Å². The maximum atomic E-state index is 12.8. The molecule has 1 atom stereocenters. The molecule has 0 unspecified atom stereocenters. The zero-order valence-electron chi connectivity index (χ0n) is 15.2. The number of hydrogen-bond donors (Lipinski definition) is 1. The lowest BCUT2D eigenvalue weighted by molar-refractivity contribution is -0.173. The minimum Gasteiger partial charge on any atom is -0.455 e. The molecule has 0 aromatic heterocycles. The molecule has 140 valence electrons. The number of ether oxygens (including phenoxy) is 1. The molecule has 0 saturated heterocycles. The molecule has 4 aliphatic carbocycles. The highest BCUT2D eigenvalue weighted by atomic mass is 35.5. The van der Waals surface area contributed by atoms with Crippen LogP contribution in [0, 0.1) is 23.2 Å². The molecule has 4 bridgehead atoms. The molecule has 4 nitrogen and oxygen atoms in total. The van der Waals surface area contributed by atoms with Gasteiger partial charge in [0.15, 0.2) is 6.61 Å². The summed E-state index contributed by atoms with van der Waals surface area (Å²) in [7, 11) is 0. The summed E-state index contributed by atoms with van der Waals surface area (Å²) in [5.41, 5.74) is 0.540. The first-order chi connectivity index (χ1) is 12.4. The lowest BCUT2D eigenvalue weighted by Crippen LogP contribution is -2.51. The quantitative estimate of drug-likeness (QED) is 0.781. The van der Waals surface area contributed by atoms with Crippen molar-refractivity contribution in [1.29, 1.82) is 0 Å². The summed E-state index contributed by atoms with van der Waals surface area (Å²) in [5.74, 6) is 1.61. The van der Waals surface area contributed by atoms with E-state index in [2.05, 4.69) is 5.32 Å². The highest BCUT2D eigenvalue weighted by molar-refractivity contribution is 6.31. The minimum atomic E-state index is -0.316. The fourth-order valence-corrected chi connectivity index (χ4v) is 6.13. The second-order valence-corrected chi connectivity index (χ2v) is 8.99. The van der Waals surface area contributed by atoms with Crippen LogP contribution in [0.2, 0.25) is 5.02 Å². The van der Waals surface area contributed by atoms with E-state index in [0.29, 0.717) is 22.8 Å². The van der Waals surface area contributed by atoms with Gasteiger partial charge in [0.05, 0.1) is 11.5 Å². The summed E-state index contributed by atoms with van der Waals surface area (Å²) in [6.45, 7) is 1.66. The SMILES string of the molecule is C[C@H](NC(=O)COC(=O)C12CC3CC(CC(C3)C1)C2)c1ccccc1Cl. The molecule has 1 aromatic rings. The number of benzene rings is 1. The molecule has 4 aliphatic rings. The molecule has 26 heavy (non-hydrogen) atoms. The van der Waals surface area contributed by atoms with Gasteiger partial charge < -0.3 is 10.1 Å². The molecule has 0 heterocycles. The van der Waals surface area contributed by atoms with Crippen molar-refractivity contribution in [3.05, 3.63) is 34.9 Å². The van der Waals surface area contributed by atoms with E-state index in [1.54, 1.807) is 6.07 Å². The van der Waals surface area contributed by atoms with Gasteiger partial charge in [0, 0.05) is 5.02 Å². The van der Waals surface area contributed by atoms with Gasteiger partial charge in [0.1, 0.15) is 0 Å². The molecule has 1 amide bonds. The highest BCUT2D eigenvalue weighted by Crippen LogP contribution is 2.60. The van der Waals surface area contributed by atoms with Crippen molar-refractivity contribution in [2.75, 3.05) is 6.61 Å². The number of esters is 1. The monoisotopic (exact) mass is 375 g/mol. The minimum absolute atomic E-state index is 0.155. The van der Waals surface area contributed by atoms with E-state index in [1.165, 1.54) is 19.3 Å². The molecular weight excluding hydrogens is 350 g/mol. The normalized spacial score (nSPS) is 32.9. The van der Waals surface area contributed by atoms with Crippen molar-refractivity contribution in [1.82, 2.24) is 5.32 Å². The summed E-state index contributed by atoms with van der Waals surface area (Å²) < 4.78 is 5.47.